The van der Waals surface area contributed by atoms with E-state index in [9.17, 15) is 20.1 Å². The Kier molecular flexibility index (Phi) is 6.26. The van der Waals surface area contributed by atoms with Crippen molar-refractivity contribution in [3.63, 3.8) is 0 Å². The number of benzene rings is 2. The van der Waals surface area contributed by atoms with Crippen LogP contribution in [0.3, 0.4) is 0 Å². The number of rotatable bonds is 7. The van der Waals surface area contributed by atoms with E-state index in [1.165, 1.54) is 18.2 Å². The highest BCUT2D eigenvalue weighted by Crippen LogP contribution is 2.20. The van der Waals surface area contributed by atoms with Gasteiger partial charge in [0.25, 0.3) is 0 Å². The van der Waals surface area contributed by atoms with E-state index in [0.717, 1.165) is 11.3 Å². The van der Waals surface area contributed by atoms with E-state index in [4.69, 9.17) is 4.74 Å². The van der Waals surface area contributed by atoms with Gasteiger partial charge in [0.15, 0.2) is 5.78 Å². The van der Waals surface area contributed by atoms with Crippen LogP contribution in [-0.2, 0) is 19.8 Å². The Labute approximate surface area is 140 Å². The molecule has 24 heavy (non-hydrogen) atoms. The minimum atomic E-state index is -0.313. The summed E-state index contributed by atoms with van der Waals surface area (Å²) in [5, 5.41) is 28.2. The van der Waals surface area contributed by atoms with Gasteiger partial charge in [-0.1, -0.05) is 18.2 Å². The maximum Gasteiger partial charge on any atom is 0.185 e. The van der Waals surface area contributed by atoms with Crippen LogP contribution in [0.5, 0.6) is 5.75 Å². The quantitative estimate of drug-likeness (QED) is 0.535. The van der Waals surface area contributed by atoms with E-state index >= 15 is 0 Å². The van der Waals surface area contributed by atoms with Crippen molar-refractivity contribution in [3.8, 4) is 5.75 Å². The number of carbonyl (C=O) groups is 1. The number of aliphatic hydroxyl groups is 3. The molecule has 0 saturated heterocycles. The molecule has 0 radical (unpaired) electrons. The Balaban J connectivity index is 2.26. The summed E-state index contributed by atoms with van der Waals surface area (Å²) in [6.07, 6.45) is 3.11. The third kappa shape index (κ3) is 4.08. The van der Waals surface area contributed by atoms with E-state index < -0.39 is 0 Å². The molecule has 0 heterocycles. The van der Waals surface area contributed by atoms with Crippen LogP contribution in [0.4, 0.5) is 0 Å². The first-order chi connectivity index (χ1) is 11.6. The first kappa shape index (κ1) is 17.9. The summed E-state index contributed by atoms with van der Waals surface area (Å²) in [6, 6.07) is 10.3. The van der Waals surface area contributed by atoms with Gasteiger partial charge >= 0.3 is 0 Å². The predicted molar refractivity (Wildman–Crippen MR) is 90.6 cm³/mol. The lowest BCUT2D eigenvalue weighted by Gasteiger charge is -2.12. The number of hydrogen-bond donors (Lipinski definition) is 3. The molecule has 0 unspecified atom stereocenters. The van der Waals surface area contributed by atoms with Gasteiger partial charge in [0.1, 0.15) is 5.75 Å². The highest BCUT2D eigenvalue weighted by atomic mass is 16.5. The van der Waals surface area contributed by atoms with Crippen molar-refractivity contribution >= 4 is 11.9 Å². The molecule has 2 aromatic carbocycles. The normalized spacial score (nSPS) is 11.0. The van der Waals surface area contributed by atoms with Crippen molar-refractivity contribution in [1.29, 1.82) is 0 Å². The molecule has 5 heteroatoms. The zero-order chi connectivity index (χ0) is 17.5. The number of allylic oxidation sites excluding steroid dienone is 1. The van der Waals surface area contributed by atoms with Crippen LogP contribution < -0.4 is 4.74 Å². The van der Waals surface area contributed by atoms with Crippen molar-refractivity contribution in [2.24, 2.45) is 0 Å². The molecule has 2 aromatic rings. The molecule has 3 N–H and O–H groups in total. The van der Waals surface area contributed by atoms with Gasteiger partial charge in [0.2, 0.25) is 0 Å². The minimum absolute atomic E-state index is 0.250. The molecule has 0 aliphatic rings. The third-order valence-corrected chi connectivity index (χ3v) is 3.76. The fourth-order valence-corrected chi connectivity index (χ4v) is 2.41. The Morgan fingerprint density at radius 3 is 2.04 bits per heavy atom. The van der Waals surface area contributed by atoms with Crippen LogP contribution in [0.2, 0.25) is 0 Å². The number of ketones is 1. The average Bonchev–Trinajstić information content (AvgIpc) is 2.65. The second kappa shape index (κ2) is 8.40. The van der Waals surface area contributed by atoms with E-state index in [1.807, 2.05) is 12.1 Å². The summed E-state index contributed by atoms with van der Waals surface area (Å²) in [7, 11) is 1.59. The highest BCUT2D eigenvalue weighted by Gasteiger charge is 2.12. The lowest BCUT2D eigenvalue weighted by molar-refractivity contribution is 0.104. The predicted octanol–water partition coefficient (Wildman–Crippen LogP) is 2.07. The largest absolute Gasteiger partial charge is 0.497 e. The van der Waals surface area contributed by atoms with Crippen LogP contribution >= 0.6 is 0 Å². The number of carbonyl (C=O) groups excluding carboxylic acids is 1. The molecule has 0 fully saturated rings. The Hall–Kier alpha value is -2.47. The number of hydrogen-bond acceptors (Lipinski definition) is 5. The summed E-state index contributed by atoms with van der Waals surface area (Å²) in [5.41, 5.74) is 2.53. The topological polar surface area (TPSA) is 87.0 Å². The maximum absolute atomic E-state index is 12.3. The average molecular weight is 328 g/mol. The molecule has 0 spiro atoms. The van der Waals surface area contributed by atoms with Gasteiger partial charge in [-0.3, -0.25) is 4.79 Å². The molecule has 0 bridgehead atoms. The minimum Gasteiger partial charge on any atom is -0.497 e. The van der Waals surface area contributed by atoms with Gasteiger partial charge in [-0.05, 0) is 52.6 Å². The molecule has 0 saturated carbocycles. The van der Waals surface area contributed by atoms with Gasteiger partial charge in [-0.2, -0.15) is 0 Å². The Morgan fingerprint density at radius 2 is 1.58 bits per heavy atom. The fraction of sp³-hybridized carbons (Fsp3) is 0.211. The summed E-state index contributed by atoms with van der Waals surface area (Å²) in [5.74, 6) is 0.484. The smallest absolute Gasteiger partial charge is 0.185 e. The van der Waals surface area contributed by atoms with E-state index in [-0.39, 0.29) is 25.6 Å². The van der Waals surface area contributed by atoms with Gasteiger partial charge < -0.3 is 20.1 Å². The van der Waals surface area contributed by atoms with Crippen molar-refractivity contribution in [2.75, 3.05) is 7.11 Å². The van der Waals surface area contributed by atoms with Crippen LogP contribution in [0.15, 0.2) is 42.5 Å². The highest BCUT2D eigenvalue weighted by molar-refractivity contribution is 6.07. The lowest BCUT2D eigenvalue weighted by Crippen LogP contribution is -2.05. The van der Waals surface area contributed by atoms with Crippen LogP contribution in [0.1, 0.15) is 32.6 Å². The summed E-state index contributed by atoms with van der Waals surface area (Å²) >= 11 is 0. The molecule has 0 aliphatic carbocycles. The zero-order valence-corrected chi connectivity index (χ0v) is 13.4. The first-order valence-electron chi connectivity index (χ1n) is 7.46. The standard InChI is InChI=1S/C19H20O5/c1-24-17-5-2-13(3-6-17)4-7-19(23)14-8-15(10-20)18(12-22)16(9-14)11-21/h2-9,20-22H,10-12H2,1H3/b7-4+. The Morgan fingerprint density at radius 1 is 1.00 bits per heavy atom. The molecular weight excluding hydrogens is 308 g/mol. The molecule has 0 amide bonds. The van der Waals surface area contributed by atoms with Gasteiger partial charge in [0.05, 0.1) is 26.9 Å². The molecule has 2 rings (SSSR count). The second-order valence-corrected chi connectivity index (χ2v) is 5.22. The van der Waals surface area contributed by atoms with Crippen molar-refractivity contribution < 1.29 is 24.9 Å². The van der Waals surface area contributed by atoms with E-state index in [1.54, 1.807) is 25.3 Å². The van der Waals surface area contributed by atoms with E-state index in [2.05, 4.69) is 0 Å². The molecule has 0 aliphatic heterocycles. The number of aliphatic hydroxyl groups excluding tert-OH is 3. The van der Waals surface area contributed by atoms with Crippen molar-refractivity contribution in [2.45, 2.75) is 19.8 Å². The molecule has 0 atom stereocenters. The van der Waals surface area contributed by atoms with Crippen LogP contribution in [0.25, 0.3) is 6.08 Å². The molecule has 0 aromatic heterocycles. The van der Waals surface area contributed by atoms with Gasteiger partial charge in [-0.25, -0.2) is 0 Å². The lowest BCUT2D eigenvalue weighted by atomic mass is 9.96. The molecular formula is C19H20O5. The van der Waals surface area contributed by atoms with E-state index in [0.29, 0.717) is 22.3 Å². The van der Waals surface area contributed by atoms with Crippen molar-refractivity contribution in [1.82, 2.24) is 0 Å². The maximum atomic E-state index is 12.3. The van der Waals surface area contributed by atoms with Crippen LogP contribution in [0, 0.1) is 0 Å². The monoisotopic (exact) mass is 328 g/mol. The molecule has 5 nitrogen and oxygen atoms in total. The summed E-state index contributed by atoms with van der Waals surface area (Å²) in [6.45, 7) is -0.930. The fourth-order valence-electron chi connectivity index (χ4n) is 2.41. The Bertz CT molecular complexity index is 707. The molecule has 126 valence electrons. The second-order valence-electron chi connectivity index (χ2n) is 5.22. The third-order valence-electron chi connectivity index (χ3n) is 3.76. The summed E-state index contributed by atoms with van der Waals surface area (Å²) in [4.78, 5) is 12.3. The summed E-state index contributed by atoms with van der Waals surface area (Å²) < 4.78 is 5.08. The van der Waals surface area contributed by atoms with Gasteiger partial charge in [0, 0.05) is 5.56 Å². The van der Waals surface area contributed by atoms with Crippen LogP contribution in [-0.4, -0.2) is 28.2 Å². The SMILES string of the molecule is COc1ccc(/C=C/C(=O)c2cc(CO)c(CO)c(CO)c2)cc1. The first-order valence-corrected chi connectivity index (χ1v) is 7.46. The zero-order valence-electron chi connectivity index (χ0n) is 13.4. The van der Waals surface area contributed by atoms with Crippen molar-refractivity contribution in [3.05, 3.63) is 70.3 Å². The van der Waals surface area contributed by atoms with Gasteiger partial charge in [-0.15, -0.1) is 0 Å². The number of methoxy groups -OCH3 is 1. The number of ether oxygens (including phenoxy) is 1.